The lowest BCUT2D eigenvalue weighted by molar-refractivity contribution is -0.671. The minimum Gasteiger partial charge on any atom is -1.00 e. The molecule has 184 valence electrons. The number of aromatic nitrogens is 3. The van der Waals surface area contributed by atoms with E-state index in [9.17, 15) is 0 Å². The lowest BCUT2D eigenvalue weighted by Gasteiger charge is -2.04. The van der Waals surface area contributed by atoms with Crippen molar-refractivity contribution in [2.24, 2.45) is 14.1 Å². The van der Waals surface area contributed by atoms with Crippen LogP contribution in [0.15, 0.2) is 85.2 Å². The zero-order valence-electron chi connectivity index (χ0n) is 20.9. The van der Waals surface area contributed by atoms with Crippen molar-refractivity contribution >= 4 is 46.1 Å². The maximum absolute atomic E-state index is 2.34. The van der Waals surface area contributed by atoms with E-state index in [1.54, 1.807) is 0 Å². The van der Waals surface area contributed by atoms with Crippen LogP contribution in [0.3, 0.4) is 0 Å². The number of rotatable bonds is 6. The molecule has 0 aliphatic carbocycles. The Balaban J connectivity index is 0.00000180. The molecule has 0 aliphatic heterocycles. The van der Waals surface area contributed by atoms with Crippen LogP contribution in [-0.2, 0) is 20.6 Å². The van der Waals surface area contributed by atoms with Gasteiger partial charge in [-0.05, 0) is 47.5 Å². The summed E-state index contributed by atoms with van der Waals surface area (Å²) in [6.45, 7) is 3.25. The van der Waals surface area contributed by atoms with Gasteiger partial charge in [0.25, 0.3) is 0 Å². The molecule has 5 heteroatoms. The molecular weight excluding hydrogens is 574 g/mol. The van der Waals surface area contributed by atoms with E-state index in [1.165, 1.54) is 44.3 Å². The number of para-hydroxylation sites is 2. The molecule has 5 aromatic rings. The first-order valence-corrected chi connectivity index (χ1v) is 12.0. The summed E-state index contributed by atoms with van der Waals surface area (Å²) < 4.78 is 6.74. The Morgan fingerprint density at radius 1 is 0.667 bits per heavy atom. The Hall–Kier alpha value is -3.02. The fourth-order valence-electron chi connectivity index (χ4n) is 4.65. The molecule has 0 spiro atoms. The van der Waals surface area contributed by atoms with Gasteiger partial charge in [-0.1, -0.05) is 43.3 Å². The predicted octanol–water partition coefficient (Wildman–Crippen LogP) is 0.202. The SMILES string of the molecule is CCC[n+]1ccc(/C=C/c2ccc(/C=C/c3cc[n+](C)c4ccccc34)n2C)c2ccccc21.[Br-].[Br-]. The van der Waals surface area contributed by atoms with Crippen LogP contribution >= 0.6 is 0 Å². The summed E-state index contributed by atoms with van der Waals surface area (Å²) in [6.07, 6.45) is 14.3. The summed E-state index contributed by atoms with van der Waals surface area (Å²) in [4.78, 5) is 0. The average molecular weight is 605 g/mol. The zero-order chi connectivity index (χ0) is 23.5. The number of hydrogen-bond acceptors (Lipinski definition) is 0. The summed E-state index contributed by atoms with van der Waals surface area (Å²) in [5.41, 5.74) is 7.34. The molecule has 5 rings (SSSR count). The highest BCUT2D eigenvalue weighted by atomic mass is 79.9. The van der Waals surface area contributed by atoms with Crippen LogP contribution in [0.1, 0.15) is 35.9 Å². The first-order valence-electron chi connectivity index (χ1n) is 12.0. The van der Waals surface area contributed by atoms with E-state index in [4.69, 9.17) is 0 Å². The van der Waals surface area contributed by atoms with Gasteiger partial charge in [-0.25, -0.2) is 4.57 Å². The summed E-state index contributed by atoms with van der Waals surface area (Å²) in [5, 5.41) is 2.54. The minimum absolute atomic E-state index is 0. The van der Waals surface area contributed by atoms with Gasteiger partial charge in [0.2, 0.25) is 11.0 Å². The lowest BCUT2D eigenvalue weighted by Crippen LogP contribution is -3.00. The quantitative estimate of drug-likeness (QED) is 0.246. The smallest absolute Gasteiger partial charge is 0.213 e. The number of aryl methyl sites for hydroxylation is 2. The number of halogens is 2. The number of nitrogens with zero attached hydrogens (tertiary/aromatic N) is 3. The average Bonchev–Trinajstić information content (AvgIpc) is 3.22. The molecular formula is C31H31Br2N3. The second-order valence-corrected chi connectivity index (χ2v) is 8.79. The molecule has 0 fully saturated rings. The van der Waals surface area contributed by atoms with E-state index in [0.717, 1.165) is 13.0 Å². The van der Waals surface area contributed by atoms with Crippen LogP contribution in [0.25, 0.3) is 46.1 Å². The van der Waals surface area contributed by atoms with Gasteiger partial charge in [-0.3, -0.25) is 0 Å². The van der Waals surface area contributed by atoms with Crippen molar-refractivity contribution in [3.63, 3.8) is 0 Å². The fraction of sp³-hybridized carbons (Fsp3) is 0.161. The molecule has 0 N–H and O–H groups in total. The van der Waals surface area contributed by atoms with E-state index in [2.05, 4.69) is 144 Å². The van der Waals surface area contributed by atoms with Crippen molar-refractivity contribution < 1.29 is 43.1 Å². The molecule has 36 heavy (non-hydrogen) atoms. The molecule has 3 aromatic heterocycles. The van der Waals surface area contributed by atoms with Gasteiger partial charge < -0.3 is 38.5 Å². The Bertz CT molecular complexity index is 1550. The third-order valence-corrected chi connectivity index (χ3v) is 6.56. The van der Waals surface area contributed by atoms with E-state index in [1.807, 2.05) is 0 Å². The van der Waals surface area contributed by atoms with E-state index in [-0.39, 0.29) is 34.0 Å². The lowest BCUT2D eigenvalue weighted by atomic mass is 10.1. The minimum atomic E-state index is 0. The molecule has 2 aromatic carbocycles. The van der Waals surface area contributed by atoms with Gasteiger partial charge in [0.1, 0.15) is 13.6 Å². The van der Waals surface area contributed by atoms with Gasteiger partial charge in [0.05, 0.1) is 10.8 Å². The molecule has 0 amide bonds. The first kappa shape index (κ1) is 27.6. The van der Waals surface area contributed by atoms with Gasteiger partial charge in [0.15, 0.2) is 12.4 Å². The summed E-state index contributed by atoms with van der Waals surface area (Å²) in [5.74, 6) is 0. The van der Waals surface area contributed by atoms with E-state index >= 15 is 0 Å². The van der Waals surface area contributed by atoms with E-state index in [0.29, 0.717) is 0 Å². The summed E-state index contributed by atoms with van der Waals surface area (Å²) in [6, 6.07) is 26.0. The third kappa shape index (κ3) is 5.53. The molecule has 0 radical (unpaired) electrons. The number of pyridine rings is 2. The van der Waals surface area contributed by atoms with Crippen LogP contribution in [0, 0.1) is 0 Å². The highest BCUT2D eigenvalue weighted by Crippen LogP contribution is 2.21. The summed E-state index contributed by atoms with van der Waals surface area (Å²) in [7, 11) is 4.21. The highest BCUT2D eigenvalue weighted by Gasteiger charge is 2.10. The van der Waals surface area contributed by atoms with Gasteiger partial charge in [-0.15, -0.1) is 0 Å². The van der Waals surface area contributed by atoms with Gasteiger partial charge in [0, 0.05) is 49.1 Å². The molecule has 0 saturated heterocycles. The van der Waals surface area contributed by atoms with Crippen molar-refractivity contribution in [2.75, 3.05) is 0 Å². The fourth-order valence-corrected chi connectivity index (χ4v) is 4.65. The van der Waals surface area contributed by atoms with Crippen LogP contribution in [0.4, 0.5) is 0 Å². The Kier molecular flexibility index (Phi) is 9.41. The predicted molar refractivity (Wildman–Crippen MR) is 143 cm³/mol. The van der Waals surface area contributed by atoms with Crippen molar-refractivity contribution in [1.29, 1.82) is 0 Å². The molecule has 0 aliphatic rings. The van der Waals surface area contributed by atoms with Gasteiger partial charge in [-0.2, -0.15) is 4.57 Å². The van der Waals surface area contributed by atoms with Crippen molar-refractivity contribution in [3.05, 3.63) is 108 Å². The number of hydrogen-bond donors (Lipinski definition) is 0. The molecule has 0 unspecified atom stereocenters. The van der Waals surface area contributed by atoms with E-state index < -0.39 is 0 Å². The monoisotopic (exact) mass is 603 g/mol. The number of benzene rings is 2. The third-order valence-electron chi connectivity index (χ3n) is 6.56. The standard InChI is InChI=1S/C31H31N3.2BrH/c1-4-21-34-23-20-25(29-10-6-8-12-31(29)34)14-16-27-18-17-26(33(27)3)15-13-24-19-22-32(2)30-11-7-5-9-28(24)30;;/h5-20,22-23H,4,21H2,1-3H3;2*1H/q+2;;/p-2. The molecule has 0 atom stereocenters. The Morgan fingerprint density at radius 3 is 1.81 bits per heavy atom. The zero-order valence-corrected chi connectivity index (χ0v) is 24.1. The topological polar surface area (TPSA) is 12.7 Å². The molecule has 3 heterocycles. The van der Waals surface area contributed by atoms with Crippen molar-refractivity contribution in [1.82, 2.24) is 4.57 Å². The maximum atomic E-state index is 2.34. The Morgan fingerprint density at radius 2 is 1.19 bits per heavy atom. The van der Waals surface area contributed by atoms with Crippen LogP contribution < -0.4 is 43.1 Å². The largest absolute Gasteiger partial charge is 1.00 e. The number of fused-ring (bicyclic) bond motifs is 2. The first-order chi connectivity index (χ1) is 16.7. The van der Waals surface area contributed by atoms with Crippen LogP contribution in [0.2, 0.25) is 0 Å². The Labute approximate surface area is 234 Å². The van der Waals surface area contributed by atoms with Crippen LogP contribution in [-0.4, -0.2) is 4.57 Å². The summed E-state index contributed by atoms with van der Waals surface area (Å²) >= 11 is 0. The van der Waals surface area contributed by atoms with Crippen molar-refractivity contribution in [3.8, 4) is 0 Å². The second-order valence-electron chi connectivity index (χ2n) is 8.79. The van der Waals surface area contributed by atoms with Crippen molar-refractivity contribution in [2.45, 2.75) is 19.9 Å². The van der Waals surface area contributed by atoms with Gasteiger partial charge >= 0.3 is 0 Å². The molecule has 0 bridgehead atoms. The normalized spacial score (nSPS) is 11.3. The molecule has 0 saturated carbocycles. The highest BCUT2D eigenvalue weighted by molar-refractivity contribution is 5.90. The van der Waals surface area contributed by atoms with Crippen LogP contribution in [0.5, 0.6) is 0 Å². The molecule has 3 nitrogen and oxygen atoms in total. The maximum Gasteiger partial charge on any atom is 0.213 e. The second kappa shape index (κ2) is 12.3.